The number of nitrogens with one attached hydrogen (secondary N) is 1. The van der Waals surface area contributed by atoms with Crippen LogP contribution in [-0.4, -0.2) is 19.4 Å². The molecule has 2 aromatic heterocycles. The fourth-order valence-corrected chi connectivity index (χ4v) is 5.13. The lowest BCUT2D eigenvalue weighted by Gasteiger charge is -2.20. The Bertz CT molecular complexity index is 1070. The lowest BCUT2D eigenvalue weighted by Crippen LogP contribution is -2.29. The van der Waals surface area contributed by atoms with E-state index >= 15 is 4.39 Å². The molecular weight excluding hydrogens is 397 g/mol. The van der Waals surface area contributed by atoms with E-state index in [9.17, 15) is 4.55 Å². The first-order valence-corrected chi connectivity index (χ1v) is 11.8. The van der Waals surface area contributed by atoms with Gasteiger partial charge in [-0.1, -0.05) is 20.8 Å². The molecule has 0 saturated heterocycles. The van der Waals surface area contributed by atoms with Crippen molar-refractivity contribution in [3.63, 3.8) is 0 Å². The number of nitrogens with zero attached hydrogens (tertiary/aromatic N) is 2. The highest BCUT2D eigenvalue weighted by Gasteiger charge is 2.36. The highest BCUT2D eigenvalue weighted by molar-refractivity contribution is 7.90. The van der Waals surface area contributed by atoms with Gasteiger partial charge >= 0.3 is 0 Å². The Morgan fingerprint density at radius 3 is 2.67 bits per heavy atom. The average molecular weight is 428 g/mol. The van der Waals surface area contributed by atoms with Crippen LogP contribution in [0.4, 0.5) is 4.39 Å². The smallest absolute Gasteiger partial charge is 0.135 e. The van der Waals surface area contributed by atoms with Crippen LogP contribution < -0.4 is 4.72 Å². The van der Waals surface area contributed by atoms with Gasteiger partial charge < -0.3 is 9.12 Å². The summed E-state index contributed by atoms with van der Waals surface area (Å²) in [6.07, 6.45) is 7.57. The van der Waals surface area contributed by atoms with E-state index < -0.39 is 11.4 Å². The Kier molecular flexibility index (Phi) is 5.68. The van der Waals surface area contributed by atoms with Crippen molar-refractivity contribution in [3.05, 3.63) is 53.7 Å². The van der Waals surface area contributed by atoms with Gasteiger partial charge in [0.05, 0.1) is 6.04 Å². The van der Waals surface area contributed by atoms with Crippen LogP contribution in [0.2, 0.25) is 0 Å². The summed E-state index contributed by atoms with van der Waals surface area (Å²) in [5, 5.41) is 1.13. The van der Waals surface area contributed by atoms with Crippen LogP contribution in [0.15, 0.2) is 36.8 Å². The number of benzene rings is 1. The van der Waals surface area contributed by atoms with Gasteiger partial charge in [-0.2, -0.15) is 0 Å². The topological polar surface area (TPSA) is 52.9 Å². The quantitative estimate of drug-likeness (QED) is 0.515. The number of hydrogen-bond donors (Lipinski definition) is 1. The van der Waals surface area contributed by atoms with Crippen molar-refractivity contribution in [1.82, 2.24) is 14.3 Å². The molecule has 0 amide bonds. The van der Waals surface area contributed by atoms with Crippen LogP contribution >= 0.6 is 0 Å². The third kappa shape index (κ3) is 4.41. The minimum Gasteiger partial charge on any atom is -0.598 e. The van der Waals surface area contributed by atoms with Gasteiger partial charge in [0.2, 0.25) is 0 Å². The molecule has 1 aliphatic carbocycles. The summed E-state index contributed by atoms with van der Waals surface area (Å²) in [4.78, 5) is 4.20. The third-order valence-corrected chi connectivity index (χ3v) is 7.22. The maximum atomic E-state index is 15.3. The Balaban J connectivity index is 1.83. The minimum atomic E-state index is -1.05. The van der Waals surface area contributed by atoms with Crippen molar-refractivity contribution in [2.24, 2.45) is 5.41 Å². The summed E-state index contributed by atoms with van der Waals surface area (Å²) in [5.41, 5.74) is 4.41. The summed E-state index contributed by atoms with van der Waals surface area (Å²) in [6.45, 7) is 11.4. The zero-order valence-electron chi connectivity index (χ0n) is 18.3. The van der Waals surface area contributed by atoms with Gasteiger partial charge in [-0.05, 0) is 48.6 Å². The third-order valence-electron chi connectivity index (χ3n) is 5.56. The largest absolute Gasteiger partial charge is 0.598 e. The van der Waals surface area contributed by atoms with Crippen molar-refractivity contribution in [2.45, 2.75) is 65.3 Å². The number of fused-ring (bicyclic) bond motifs is 1. The van der Waals surface area contributed by atoms with Gasteiger partial charge in [0.15, 0.2) is 0 Å². The van der Waals surface area contributed by atoms with Gasteiger partial charge in [-0.15, -0.1) is 4.72 Å². The molecule has 0 spiro atoms. The first kappa shape index (κ1) is 21.3. The van der Waals surface area contributed by atoms with E-state index in [1.807, 2.05) is 26.0 Å². The van der Waals surface area contributed by atoms with Crippen molar-refractivity contribution in [1.29, 1.82) is 0 Å². The van der Waals surface area contributed by atoms with Crippen LogP contribution in [0.1, 0.15) is 57.7 Å². The van der Waals surface area contributed by atoms with Crippen molar-refractivity contribution < 1.29 is 8.94 Å². The molecule has 1 aliphatic rings. The van der Waals surface area contributed by atoms with Crippen LogP contribution in [0.25, 0.3) is 22.0 Å². The predicted molar refractivity (Wildman–Crippen MR) is 122 cm³/mol. The number of aryl methyl sites for hydroxylation is 1. The van der Waals surface area contributed by atoms with Crippen molar-refractivity contribution in [3.8, 4) is 11.1 Å². The molecule has 1 aromatic carbocycles. The van der Waals surface area contributed by atoms with E-state index in [-0.39, 0.29) is 22.5 Å². The summed E-state index contributed by atoms with van der Waals surface area (Å²) in [5.74, 6) is -0.260. The molecule has 0 aliphatic heterocycles. The monoisotopic (exact) mass is 427 g/mol. The molecule has 30 heavy (non-hydrogen) atoms. The summed E-state index contributed by atoms with van der Waals surface area (Å²) in [7, 11) is 0. The molecule has 0 bridgehead atoms. The molecule has 1 saturated carbocycles. The zero-order valence-corrected chi connectivity index (χ0v) is 19.1. The molecule has 4 rings (SSSR count). The highest BCUT2D eigenvalue weighted by Crippen LogP contribution is 2.36. The fourth-order valence-electron chi connectivity index (χ4n) is 3.89. The Hall–Kier alpha value is -1.89. The van der Waals surface area contributed by atoms with E-state index in [2.05, 4.69) is 41.2 Å². The lowest BCUT2D eigenvalue weighted by molar-refractivity contribution is 0.349. The number of aromatic nitrogens is 2. The molecule has 1 N–H and O–H groups in total. The van der Waals surface area contributed by atoms with Gasteiger partial charge in [-0.25, -0.2) is 4.39 Å². The van der Waals surface area contributed by atoms with Gasteiger partial charge in [0.25, 0.3) is 0 Å². The maximum absolute atomic E-state index is 15.3. The number of rotatable bonds is 6. The molecule has 2 heterocycles. The second-order valence-corrected chi connectivity index (χ2v) is 11.1. The number of halogens is 1. The highest BCUT2D eigenvalue weighted by atomic mass is 32.2. The molecular formula is C24H30FN3OS. The maximum Gasteiger partial charge on any atom is 0.135 e. The molecule has 2 unspecified atom stereocenters. The molecule has 0 radical (unpaired) electrons. The summed E-state index contributed by atoms with van der Waals surface area (Å²) >= 11 is -1.05. The van der Waals surface area contributed by atoms with Gasteiger partial charge in [0.1, 0.15) is 11.1 Å². The predicted octanol–water partition coefficient (Wildman–Crippen LogP) is 5.67. The van der Waals surface area contributed by atoms with E-state index in [1.165, 1.54) is 0 Å². The average Bonchev–Trinajstić information content (AvgIpc) is 3.45. The second-order valence-electron chi connectivity index (χ2n) is 9.65. The van der Waals surface area contributed by atoms with Gasteiger partial charge in [0, 0.05) is 71.4 Å². The van der Waals surface area contributed by atoms with E-state index in [1.54, 1.807) is 18.5 Å². The molecule has 6 heteroatoms. The Morgan fingerprint density at radius 2 is 2.03 bits per heavy atom. The summed E-state index contributed by atoms with van der Waals surface area (Å²) in [6, 6.07) is 5.34. The standard InChI is InChI=1S/C24H30FN3OS/c1-15-8-9-26-12-20(15)18-11-23-19(10-22(18)25)21(13-28(23)14-24(3,4)5)16(2)27-30(29)17-6-7-17/h8-13,16-17,27H,6-7,14H2,1-5H3. The SMILES string of the molecule is Cc1ccncc1-c1cc2c(cc1F)c(C(C)N[S+]([O-])C1CC1)cn2CC(C)(C)C. The molecule has 3 aromatic rings. The zero-order chi connectivity index (χ0) is 21.6. The molecule has 2 atom stereocenters. The number of hydrogen-bond acceptors (Lipinski definition) is 3. The summed E-state index contributed by atoms with van der Waals surface area (Å²) < 4.78 is 33.1. The number of pyridine rings is 1. The first-order valence-electron chi connectivity index (χ1n) is 10.5. The minimum absolute atomic E-state index is 0.0650. The van der Waals surface area contributed by atoms with Gasteiger partial charge in [-0.3, -0.25) is 4.98 Å². The van der Waals surface area contributed by atoms with Crippen LogP contribution in [0, 0.1) is 18.2 Å². The van der Waals surface area contributed by atoms with Crippen LogP contribution in [-0.2, 0) is 17.9 Å². The van der Waals surface area contributed by atoms with Crippen LogP contribution in [0.3, 0.4) is 0 Å². The molecule has 1 fully saturated rings. The Morgan fingerprint density at radius 1 is 1.30 bits per heavy atom. The van der Waals surface area contributed by atoms with Crippen molar-refractivity contribution >= 4 is 22.3 Å². The molecule has 160 valence electrons. The van der Waals surface area contributed by atoms with Crippen molar-refractivity contribution in [2.75, 3.05) is 0 Å². The fraction of sp³-hybridized carbons (Fsp3) is 0.458. The lowest BCUT2D eigenvalue weighted by atomic mass is 9.96. The van der Waals surface area contributed by atoms with E-state index in [4.69, 9.17) is 0 Å². The molecule has 4 nitrogen and oxygen atoms in total. The Labute approximate surface area is 181 Å². The second kappa shape index (κ2) is 7.98. The van der Waals surface area contributed by atoms with E-state index in [0.717, 1.165) is 47.0 Å². The normalized spacial score (nSPS) is 16.8. The first-order chi connectivity index (χ1) is 14.1. The van der Waals surface area contributed by atoms with Crippen LogP contribution in [0.5, 0.6) is 0 Å². The van der Waals surface area contributed by atoms with E-state index in [0.29, 0.717) is 5.56 Å².